The number of aryl methyl sites for hydroxylation is 1. The average molecular weight is 338 g/mol. The maximum Gasteiger partial charge on any atom is 0.306 e. The van der Waals surface area contributed by atoms with E-state index in [0.29, 0.717) is 21.5 Å². The van der Waals surface area contributed by atoms with Crippen molar-refractivity contribution in [2.24, 2.45) is 0 Å². The van der Waals surface area contributed by atoms with Crippen LogP contribution in [0.15, 0.2) is 16.6 Å². The zero-order valence-electron chi connectivity index (χ0n) is 10.5. The molecule has 0 aromatic heterocycles. The van der Waals surface area contributed by atoms with Crippen LogP contribution in [0.25, 0.3) is 0 Å². The van der Waals surface area contributed by atoms with Crippen molar-refractivity contribution in [3.8, 4) is 0 Å². The molecule has 0 bridgehead atoms. The van der Waals surface area contributed by atoms with Crippen LogP contribution in [0, 0.1) is 5.82 Å². The van der Waals surface area contributed by atoms with Crippen LogP contribution in [0.2, 0.25) is 5.02 Å². The molecule has 1 aromatic carbocycles. The lowest BCUT2D eigenvalue weighted by molar-refractivity contribution is -0.154. The standard InChI is InChI=1S/C13H15BrClFO2/c1-13(2,3)18-12(17)5-4-8-6-11(16)9(14)7-10(8)15/h6-7H,4-5H2,1-3H3. The normalized spacial score (nSPS) is 11.4. The Morgan fingerprint density at radius 3 is 2.61 bits per heavy atom. The van der Waals surface area contributed by atoms with Gasteiger partial charge in [-0.2, -0.15) is 0 Å². The summed E-state index contributed by atoms with van der Waals surface area (Å²) in [4.78, 5) is 11.5. The van der Waals surface area contributed by atoms with Crippen LogP contribution in [0.1, 0.15) is 32.8 Å². The molecule has 0 unspecified atom stereocenters. The highest BCUT2D eigenvalue weighted by Gasteiger charge is 2.16. The van der Waals surface area contributed by atoms with Gasteiger partial charge in [0, 0.05) is 11.4 Å². The van der Waals surface area contributed by atoms with E-state index in [4.69, 9.17) is 16.3 Å². The number of rotatable bonds is 3. The number of hydrogen-bond donors (Lipinski definition) is 0. The Bertz CT molecular complexity index is 455. The third kappa shape index (κ3) is 4.94. The summed E-state index contributed by atoms with van der Waals surface area (Å²) in [6.45, 7) is 5.41. The van der Waals surface area contributed by atoms with E-state index in [1.54, 1.807) is 20.8 Å². The first-order valence-corrected chi connectivity index (χ1v) is 6.71. The minimum atomic E-state index is -0.508. The summed E-state index contributed by atoms with van der Waals surface area (Å²) in [7, 11) is 0. The van der Waals surface area contributed by atoms with Gasteiger partial charge in [0.15, 0.2) is 0 Å². The van der Waals surface area contributed by atoms with E-state index >= 15 is 0 Å². The summed E-state index contributed by atoms with van der Waals surface area (Å²) in [5.41, 5.74) is 0.0921. The maximum atomic E-state index is 13.3. The molecule has 0 amide bonds. The summed E-state index contributed by atoms with van der Waals surface area (Å²) < 4.78 is 18.8. The van der Waals surface area contributed by atoms with Crippen molar-refractivity contribution in [2.75, 3.05) is 0 Å². The van der Waals surface area contributed by atoms with Crippen LogP contribution in [-0.2, 0) is 16.0 Å². The van der Waals surface area contributed by atoms with Gasteiger partial charge in [-0.1, -0.05) is 11.6 Å². The predicted octanol–water partition coefficient (Wildman–Crippen LogP) is 4.52. The minimum Gasteiger partial charge on any atom is -0.460 e. The molecule has 0 atom stereocenters. The van der Waals surface area contributed by atoms with Crippen LogP contribution in [-0.4, -0.2) is 11.6 Å². The van der Waals surface area contributed by atoms with Gasteiger partial charge >= 0.3 is 5.97 Å². The fourth-order valence-corrected chi connectivity index (χ4v) is 2.12. The van der Waals surface area contributed by atoms with Crippen molar-refractivity contribution in [1.82, 2.24) is 0 Å². The first kappa shape index (κ1) is 15.4. The highest BCUT2D eigenvalue weighted by molar-refractivity contribution is 9.10. The number of carbonyl (C=O) groups excluding carboxylic acids is 1. The van der Waals surface area contributed by atoms with Gasteiger partial charge in [-0.05, 0) is 60.8 Å². The van der Waals surface area contributed by atoms with E-state index < -0.39 is 11.4 Å². The number of halogens is 3. The molecule has 5 heteroatoms. The number of esters is 1. The second-order valence-corrected chi connectivity index (χ2v) is 6.21. The molecule has 18 heavy (non-hydrogen) atoms. The predicted molar refractivity (Wildman–Crippen MR) is 73.3 cm³/mol. The number of hydrogen-bond acceptors (Lipinski definition) is 2. The molecule has 0 aliphatic rings. The molecule has 0 N–H and O–H groups in total. The molecule has 0 heterocycles. The molecule has 0 radical (unpaired) electrons. The minimum absolute atomic E-state index is 0.179. The zero-order chi connectivity index (χ0) is 13.9. The molecule has 0 fully saturated rings. The lowest BCUT2D eigenvalue weighted by Crippen LogP contribution is -2.24. The smallest absolute Gasteiger partial charge is 0.306 e. The fraction of sp³-hybridized carbons (Fsp3) is 0.462. The summed E-state index contributed by atoms with van der Waals surface area (Å²) in [6.07, 6.45) is 0.538. The molecule has 2 nitrogen and oxygen atoms in total. The van der Waals surface area contributed by atoms with Gasteiger partial charge in [0.2, 0.25) is 0 Å². The van der Waals surface area contributed by atoms with E-state index in [2.05, 4.69) is 15.9 Å². The van der Waals surface area contributed by atoms with Crippen molar-refractivity contribution in [3.05, 3.63) is 33.0 Å². The molecule has 100 valence electrons. The van der Waals surface area contributed by atoms with Gasteiger partial charge in [-0.25, -0.2) is 4.39 Å². The van der Waals surface area contributed by atoms with Crippen molar-refractivity contribution >= 4 is 33.5 Å². The summed E-state index contributed by atoms with van der Waals surface area (Å²) >= 11 is 9.02. The van der Waals surface area contributed by atoms with Crippen LogP contribution < -0.4 is 0 Å². The number of ether oxygens (including phenoxy) is 1. The molecule has 0 saturated heterocycles. The van der Waals surface area contributed by atoms with Crippen molar-refractivity contribution < 1.29 is 13.9 Å². The van der Waals surface area contributed by atoms with Gasteiger partial charge in [0.1, 0.15) is 11.4 Å². The topological polar surface area (TPSA) is 26.3 Å². The molecule has 0 aliphatic heterocycles. The SMILES string of the molecule is CC(C)(C)OC(=O)CCc1cc(F)c(Br)cc1Cl. The lowest BCUT2D eigenvalue weighted by atomic mass is 10.1. The molecule has 0 aliphatic carbocycles. The Morgan fingerprint density at radius 2 is 2.06 bits per heavy atom. The summed E-state index contributed by atoms with van der Waals surface area (Å²) in [5, 5.41) is 0.437. The van der Waals surface area contributed by atoms with E-state index in [1.807, 2.05) is 0 Å². The van der Waals surface area contributed by atoms with Gasteiger partial charge in [-0.15, -0.1) is 0 Å². The Labute approximate surface area is 120 Å². The van der Waals surface area contributed by atoms with E-state index in [9.17, 15) is 9.18 Å². The quantitative estimate of drug-likeness (QED) is 0.599. The van der Waals surface area contributed by atoms with Crippen LogP contribution in [0.3, 0.4) is 0 Å². The van der Waals surface area contributed by atoms with E-state index in [0.717, 1.165) is 0 Å². The van der Waals surface area contributed by atoms with Gasteiger partial charge in [-0.3, -0.25) is 4.79 Å². The first-order valence-electron chi connectivity index (χ1n) is 5.54. The first-order chi connectivity index (χ1) is 8.19. The van der Waals surface area contributed by atoms with Crippen LogP contribution >= 0.6 is 27.5 Å². The summed E-state index contributed by atoms with van der Waals surface area (Å²) in [5.74, 6) is -0.708. The fourth-order valence-electron chi connectivity index (χ4n) is 1.38. The molecule has 1 rings (SSSR count). The van der Waals surface area contributed by atoms with Gasteiger partial charge < -0.3 is 4.74 Å². The van der Waals surface area contributed by atoms with Crippen molar-refractivity contribution in [1.29, 1.82) is 0 Å². The second-order valence-electron chi connectivity index (χ2n) is 4.94. The third-order valence-corrected chi connectivity index (χ3v) is 3.07. The second kappa shape index (κ2) is 6.02. The van der Waals surface area contributed by atoms with Gasteiger partial charge in [0.05, 0.1) is 4.47 Å². The Kier molecular flexibility index (Phi) is 5.17. The highest BCUT2D eigenvalue weighted by atomic mass is 79.9. The maximum absolute atomic E-state index is 13.3. The third-order valence-electron chi connectivity index (χ3n) is 2.11. The molecule has 0 saturated carbocycles. The molecular weight excluding hydrogens is 322 g/mol. The average Bonchev–Trinajstić information content (AvgIpc) is 2.19. The van der Waals surface area contributed by atoms with Crippen molar-refractivity contribution in [2.45, 2.75) is 39.2 Å². The lowest BCUT2D eigenvalue weighted by Gasteiger charge is -2.19. The Balaban J connectivity index is 2.64. The highest BCUT2D eigenvalue weighted by Crippen LogP contribution is 2.25. The Hall–Kier alpha value is -0.610. The largest absolute Gasteiger partial charge is 0.460 e. The van der Waals surface area contributed by atoms with Crippen LogP contribution in [0.5, 0.6) is 0 Å². The summed E-state index contributed by atoms with van der Waals surface area (Å²) in [6, 6.07) is 2.82. The van der Waals surface area contributed by atoms with Gasteiger partial charge in [0.25, 0.3) is 0 Å². The van der Waals surface area contributed by atoms with Crippen molar-refractivity contribution in [3.63, 3.8) is 0 Å². The zero-order valence-corrected chi connectivity index (χ0v) is 12.9. The molecular formula is C13H15BrClFO2. The van der Waals surface area contributed by atoms with E-state index in [1.165, 1.54) is 12.1 Å². The number of carbonyl (C=O) groups is 1. The van der Waals surface area contributed by atoms with Crippen LogP contribution in [0.4, 0.5) is 4.39 Å². The Morgan fingerprint density at radius 1 is 1.44 bits per heavy atom. The molecule has 0 spiro atoms. The van der Waals surface area contributed by atoms with E-state index in [-0.39, 0.29) is 12.4 Å². The molecule has 1 aromatic rings. The number of benzene rings is 1. The monoisotopic (exact) mass is 336 g/mol.